The van der Waals surface area contributed by atoms with Gasteiger partial charge in [0.25, 0.3) is 0 Å². The van der Waals surface area contributed by atoms with Gasteiger partial charge in [0.05, 0.1) is 6.04 Å². The average Bonchev–Trinajstić information content (AvgIpc) is 2.46. The summed E-state index contributed by atoms with van der Waals surface area (Å²) in [6, 6.07) is 16.0. The van der Waals surface area contributed by atoms with Crippen LogP contribution in [0.3, 0.4) is 0 Å². The molecule has 0 saturated heterocycles. The number of fused-ring (bicyclic) bond motifs is 1. The van der Waals surface area contributed by atoms with Crippen LogP contribution in [0.2, 0.25) is 0 Å². The van der Waals surface area contributed by atoms with Gasteiger partial charge in [-0.1, -0.05) is 52.3 Å². The smallest absolute Gasteiger partial charge is 0.158 e. The van der Waals surface area contributed by atoms with E-state index < -0.39 is 0 Å². The van der Waals surface area contributed by atoms with E-state index in [2.05, 4.69) is 33.4 Å². The molecule has 102 valence electrons. The Kier molecular flexibility index (Phi) is 3.99. The molecule has 3 rings (SSSR count). The highest BCUT2D eigenvalue weighted by atomic mass is 79.9. The molecule has 1 unspecified atom stereocenters. The summed E-state index contributed by atoms with van der Waals surface area (Å²) in [5.74, 6) is 0.232. The minimum Gasteiger partial charge on any atom is -0.303 e. The fraction of sp³-hybridized carbons (Fsp3) is 0.235. The third-order valence-electron chi connectivity index (χ3n) is 3.70. The molecular formula is C17H16BrNO. The van der Waals surface area contributed by atoms with Crippen LogP contribution in [0.5, 0.6) is 0 Å². The molecule has 2 nitrogen and oxygen atoms in total. The van der Waals surface area contributed by atoms with Crippen molar-refractivity contribution in [3.05, 3.63) is 69.7 Å². The van der Waals surface area contributed by atoms with E-state index in [0.29, 0.717) is 6.42 Å². The number of rotatable bonds is 3. The van der Waals surface area contributed by atoms with E-state index in [0.717, 1.165) is 28.6 Å². The molecule has 2 aromatic carbocycles. The first-order valence-corrected chi connectivity index (χ1v) is 7.62. The number of hydrogen-bond acceptors (Lipinski definition) is 2. The minimum absolute atomic E-state index is 0.168. The van der Waals surface area contributed by atoms with Crippen molar-refractivity contribution in [1.29, 1.82) is 0 Å². The number of halogens is 1. The molecule has 1 heterocycles. The first-order chi connectivity index (χ1) is 9.74. The molecule has 3 heteroatoms. The van der Waals surface area contributed by atoms with Gasteiger partial charge in [-0.3, -0.25) is 4.79 Å². The van der Waals surface area contributed by atoms with Crippen LogP contribution in [0.25, 0.3) is 0 Å². The molecule has 1 aliphatic rings. The molecule has 0 fully saturated rings. The maximum atomic E-state index is 12.6. The topological polar surface area (TPSA) is 29.1 Å². The quantitative estimate of drug-likeness (QED) is 0.934. The number of carbonyl (C=O) groups is 1. The van der Waals surface area contributed by atoms with Crippen LogP contribution in [-0.4, -0.2) is 12.3 Å². The molecule has 20 heavy (non-hydrogen) atoms. The zero-order valence-electron chi connectivity index (χ0n) is 11.1. The number of Topliss-reactive ketones (excluding diaryl/α,β-unsaturated/α-hetero) is 1. The number of ketones is 1. The molecule has 1 aliphatic heterocycles. The number of benzene rings is 2. The van der Waals surface area contributed by atoms with Gasteiger partial charge in [0.2, 0.25) is 0 Å². The van der Waals surface area contributed by atoms with E-state index >= 15 is 0 Å². The summed E-state index contributed by atoms with van der Waals surface area (Å²) in [5, 5.41) is 3.35. The molecule has 0 bridgehead atoms. The van der Waals surface area contributed by atoms with Gasteiger partial charge < -0.3 is 5.32 Å². The van der Waals surface area contributed by atoms with Gasteiger partial charge in [0, 0.05) is 17.4 Å². The van der Waals surface area contributed by atoms with E-state index in [1.165, 1.54) is 5.56 Å². The van der Waals surface area contributed by atoms with Crippen molar-refractivity contribution in [3.63, 3.8) is 0 Å². The monoisotopic (exact) mass is 329 g/mol. The molecule has 0 radical (unpaired) electrons. The van der Waals surface area contributed by atoms with Crippen molar-refractivity contribution >= 4 is 21.7 Å². The normalized spacial score (nSPS) is 17.6. The molecular weight excluding hydrogens is 314 g/mol. The molecule has 0 saturated carbocycles. The first kappa shape index (κ1) is 13.5. The molecule has 0 amide bonds. The summed E-state index contributed by atoms with van der Waals surface area (Å²) in [5.41, 5.74) is 3.48. The van der Waals surface area contributed by atoms with Crippen LogP contribution in [0.1, 0.15) is 22.7 Å². The summed E-state index contributed by atoms with van der Waals surface area (Å²) < 4.78 is 1.01. The van der Waals surface area contributed by atoms with Crippen molar-refractivity contribution in [2.24, 2.45) is 0 Å². The van der Waals surface area contributed by atoms with Crippen molar-refractivity contribution in [3.8, 4) is 0 Å². The van der Waals surface area contributed by atoms with Crippen molar-refractivity contribution in [2.45, 2.75) is 18.9 Å². The van der Waals surface area contributed by atoms with E-state index in [1.807, 2.05) is 36.4 Å². The van der Waals surface area contributed by atoms with Crippen LogP contribution >= 0.6 is 15.9 Å². The Morgan fingerprint density at radius 3 is 2.90 bits per heavy atom. The van der Waals surface area contributed by atoms with Crippen LogP contribution in [0.4, 0.5) is 0 Å². The Bertz CT molecular complexity index is 638. The first-order valence-electron chi connectivity index (χ1n) is 6.82. The lowest BCUT2D eigenvalue weighted by atomic mass is 9.90. The second-order valence-corrected chi connectivity index (χ2v) is 6.02. The fourth-order valence-corrected chi connectivity index (χ4v) is 3.19. The highest BCUT2D eigenvalue weighted by Gasteiger charge is 2.25. The van der Waals surface area contributed by atoms with Crippen LogP contribution in [0.15, 0.2) is 53.0 Å². The van der Waals surface area contributed by atoms with Crippen LogP contribution in [-0.2, 0) is 17.6 Å². The van der Waals surface area contributed by atoms with Gasteiger partial charge in [-0.05, 0) is 35.2 Å². The number of hydrogen-bond donors (Lipinski definition) is 1. The Morgan fingerprint density at radius 1 is 1.20 bits per heavy atom. The summed E-state index contributed by atoms with van der Waals surface area (Å²) in [7, 11) is 0. The third kappa shape index (κ3) is 2.84. The zero-order chi connectivity index (χ0) is 13.9. The Hall–Kier alpha value is -1.45. The predicted octanol–water partition coefficient (Wildman–Crippen LogP) is 3.45. The second kappa shape index (κ2) is 5.90. The second-order valence-electron chi connectivity index (χ2n) is 5.11. The lowest BCUT2D eigenvalue weighted by Gasteiger charge is -2.25. The molecule has 0 aromatic heterocycles. The Balaban J connectivity index is 1.82. The minimum atomic E-state index is -0.168. The standard InChI is InChI=1S/C17H16BrNO/c18-14-6-3-4-12(10-14)11-16(20)17-15-7-2-1-5-13(15)8-9-19-17/h1-7,10,17,19H,8-9,11H2. The largest absolute Gasteiger partial charge is 0.303 e. The maximum absolute atomic E-state index is 12.6. The fourth-order valence-electron chi connectivity index (χ4n) is 2.74. The molecule has 1 atom stereocenters. The van der Waals surface area contributed by atoms with Crippen LogP contribution < -0.4 is 5.32 Å². The van der Waals surface area contributed by atoms with Gasteiger partial charge >= 0.3 is 0 Å². The van der Waals surface area contributed by atoms with E-state index in [-0.39, 0.29) is 11.8 Å². The van der Waals surface area contributed by atoms with Gasteiger partial charge in [-0.15, -0.1) is 0 Å². The lowest BCUT2D eigenvalue weighted by molar-refractivity contribution is -0.120. The van der Waals surface area contributed by atoms with E-state index in [4.69, 9.17) is 0 Å². The van der Waals surface area contributed by atoms with Crippen molar-refractivity contribution in [2.75, 3.05) is 6.54 Å². The predicted molar refractivity (Wildman–Crippen MR) is 83.7 cm³/mol. The number of carbonyl (C=O) groups excluding carboxylic acids is 1. The summed E-state index contributed by atoms with van der Waals surface area (Å²) in [6.45, 7) is 0.867. The summed E-state index contributed by atoms with van der Waals surface area (Å²) in [4.78, 5) is 12.6. The molecule has 0 aliphatic carbocycles. The van der Waals surface area contributed by atoms with Gasteiger partial charge in [0.15, 0.2) is 5.78 Å². The molecule has 0 spiro atoms. The van der Waals surface area contributed by atoms with Gasteiger partial charge in [-0.2, -0.15) is 0 Å². The maximum Gasteiger partial charge on any atom is 0.158 e. The van der Waals surface area contributed by atoms with E-state index in [1.54, 1.807) is 0 Å². The highest BCUT2D eigenvalue weighted by molar-refractivity contribution is 9.10. The highest BCUT2D eigenvalue weighted by Crippen LogP contribution is 2.24. The van der Waals surface area contributed by atoms with E-state index in [9.17, 15) is 4.79 Å². The molecule has 1 N–H and O–H groups in total. The van der Waals surface area contributed by atoms with Crippen molar-refractivity contribution < 1.29 is 4.79 Å². The van der Waals surface area contributed by atoms with Gasteiger partial charge in [0.1, 0.15) is 0 Å². The zero-order valence-corrected chi connectivity index (χ0v) is 12.7. The van der Waals surface area contributed by atoms with Gasteiger partial charge in [-0.25, -0.2) is 0 Å². The lowest BCUT2D eigenvalue weighted by Crippen LogP contribution is -2.35. The number of nitrogens with one attached hydrogen (secondary N) is 1. The summed E-state index contributed by atoms with van der Waals surface area (Å²) in [6.07, 6.45) is 1.46. The average molecular weight is 330 g/mol. The molecule has 2 aromatic rings. The SMILES string of the molecule is O=C(Cc1cccc(Br)c1)C1NCCc2ccccc21. The van der Waals surface area contributed by atoms with Crippen molar-refractivity contribution in [1.82, 2.24) is 5.32 Å². The Morgan fingerprint density at radius 2 is 2.05 bits per heavy atom. The third-order valence-corrected chi connectivity index (χ3v) is 4.19. The van der Waals surface area contributed by atoms with Crippen LogP contribution in [0, 0.1) is 0 Å². The summed E-state index contributed by atoms with van der Waals surface area (Å²) >= 11 is 3.45. The Labute approximate surface area is 127 Å².